The second-order valence-electron chi connectivity index (χ2n) is 3.68. The van der Waals surface area contributed by atoms with E-state index in [4.69, 9.17) is 14.3 Å². The van der Waals surface area contributed by atoms with Gasteiger partial charge in [-0.3, -0.25) is 9.59 Å². The Morgan fingerprint density at radius 2 is 2.32 bits per heavy atom. The van der Waals surface area contributed by atoms with Gasteiger partial charge in [0.1, 0.15) is 5.76 Å². The molecule has 1 rings (SSSR count). The molecule has 0 saturated carbocycles. The number of furan rings is 1. The first-order valence-electron chi connectivity index (χ1n) is 5.47. The van der Waals surface area contributed by atoms with Gasteiger partial charge in [-0.05, 0) is 34.1 Å². The van der Waals surface area contributed by atoms with Crippen molar-refractivity contribution in [3.63, 3.8) is 0 Å². The van der Waals surface area contributed by atoms with Crippen LogP contribution in [0.4, 0.5) is 0 Å². The molecule has 0 aliphatic rings. The molecule has 1 amide bonds. The van der Waals surface area contributed by atoms with E-state index in [1.165, 1.54) is 19.3 Å². The van der Waals surface area contributed by atoms with Crippen LogP contribution in [0.15, 0.2) is 27.3 Å². The Bertz CT molecular complexity index is 468. The maximum atomic E-state index is 11.5. The molecule has 0 aromatic carbocycles. The van der Waals surface area contributed by atoms with Crippen LogP contribution in [0.3, 0.4) is 0 Å². The number of hydrogen-bond acceptors (Lipinski definition) is 4. The van der Waals surface area contributed by atoms with Crippen LogP contribution in [0.2, 0.25) is 0 Å². The Hall–Kier alpha value is -1.60. The van der Waals surface area contributed by atoms with Crippen molar-refractivity contribution in [1.82, 2.24) is 5.32 Å². The third kappa shape index (κ3) is 6.21. The molecular formula is C12H14BrNO5. The molecule has 0 aliphatic carbocycles. The third-order valence-electron chi connectivity index (χ3n) is 2.23. The monoisotopic (exact) mass is 331 g/mol. The summed E-state index contributed by atoms with van der Waals surface area (Å²) in [6.45, 7) is 0.133. The van der Waals surface area contributed by atoms with Gasteiger partial charge in [0.2, 0.25) is 5.91 Å². The van der Waals surface area contributed by atoms with Crippen molar-refractivity contribution in [3.8, 4) is 0 Å². The van der Waals surface area contributed by atoms with E-state index in [9.17, 15) is 9.59 Å². The fourth-order valence-corrected chi connectivity index (χ4v) is 1.60. The van der Waals surface area contributed by atoms with E-state index in [1.54, 1.807) is 12.1 Å². The maximum Gasteiger partial charge on any atom is 0.306 e. The van der Waals surface area contributed by atoms with Gasteiger partial charge in [0.05, 0.1) is 12.5 Å². The SMILES string of the molecule is COC(CNC(=O)/C=C/c1ccc(Br)o1)CC(=O)O. The van der Waals surface area contributed by atoms with Crippen LogP contribution in [-0.4, -0.2) is 36.7 Å². The minimum Gasteiger partial charge on any atom is -0.481 e. The molecule has 1 aromatic rings. The molecule has 6 nitrogen and oxygen atoms in total. The van der Waals surface area contributed by atoms with Gasteiger partial charge < -0.3 is 19.6 Å². The molecule has 0 radical (unpaired) electrons. The smallest absolute Gasteiger partial charge is 0.306 e. The van der Waals surface area contributed by atoms with Gasteiger partial charge in [-0.1, -0.05) is 0 Å². The summed E-state index contributed by atoms with van der Waals surface area (Å²) >= 11 is 3.15. The third-order valence-corrected chi connectivity index (χ3v) is 2.66. The Morgan fingerprint density at radius 1 is 1.58 bits per heavy atom. The molecule has 0 saturated heterocycles. The first kappa shape index (κ1) is 15.5. The lowest BCUT2D eigenvalue weighted by Crippen LogP contribution is -2.33. The molecule has 0 spiro atoms. The summed E-state index contributed by atoms with van der Waals surface area (Å²) < 4.78 is 10.7. The summed E-state index contributed by atoms with van der Waals surface area (Å²) in [5.74, 6) is -0.784. The number of methoxy groups -OCH3 is 1. The van der Waals surface area contributed by atoms with E-state index in [1.807, 2.05) is 0 Å². The molecule has 7 heteroatoms. The summed E-state index contributed by atoms with van der Waals surface area (Å²) in [7, 11) is 1.40. The highest BCUT2D eigenvalue weighted by molar-refractivity contribution is 9.10. The van der Waals surface area contributed by atoms with E-state index >= 15 is 0 Å². The first-order valence-corrected chi connectivity index (χ1v) is 6.26. The van der Waals surface area contributed by atoms with Gasteiger partial charge in [-0.15, -0.1) is 0 Å². The lowest BCUT2D eigenvalue weighted by molar-refractivity contribution is -0.140. The van der Waals surface area contributed by atoms with Crippen LogP contribution < -0.4 is 5.32 Å². The number of amides is 1. The normalized spacial score (nSPS) is 12.5. The molecular weight excluding hydrogens is 318 g/mol. The van der Waals surface area contributed by atoms with Gasteiger partial charge in [0, 0.05) is 19.7 Å². The topological polar surface area (TPSA) is 88.8 Å². The summed E-state index contributed by atoms with van der Waals surface area (Å²) in [6, 6.07) is 3.42. The van der Waals surface area contributed by atoms with Crippen molar-refractivity contribution < 1.29 is 23.8 Å². The zero-order chi connectivity index (χ0) is 14.3. The maximum absolute atomic E-state index is 11.5. The highest BCUT2D eigenvalue weighted by atomic mass is 79.9. The van der Waals surface area contributed by atoms with Gasteiger partial charge in [-0.25, -0.2) is 0 Å². The number of aliphatic carboxylic acids is 1. The van der Waals surface area contributed by atoms with E-state index in [0.29, 0.717) is 10.4 Å². The van der Waals surface area contributed by atoms with Gasteiger partial charge >= 0.3 is 5.97 Å². The molecule has 2 N–H and O–H groups in total. The van der Waals surface area contributed by atoms with Crippen molar-refractivity contribution in [2.24, 2.45) is 0 Å². The van der Waals surface area contributed by atoms with Crippen LogP contribution in [0, 0.1) is 0 Å². The molecule has 0 aliphatic heterocycles. The minimum atomic E-state index is -0.975. The number of carboxylic acids is 1. The van der Waals surface area contributed by atoms with E-state index in [-0.39, 0.29) is 18.9 Å². The molecule has 1 heterocycles. The van der Waals surface area contributed by atoms with Crippen LogP contribution in [0.5, 0.6) is 0 Å². The Morgan fingerprint density at radius 3 is 2.84 bits per heavy atom. The predicted octanol–water partition coefficient (Wildman–Crippen LogP) is 1.66. The number of rotatable bonds is 7. The van der Waals surface area contributed by atoms with Crippen molar-refractivity contribution in [1.29, 1.82) is 0 Å². The number of carboxylic acid groups (broad SMARTS) is 1. The summed E-state index contributed by atoms with van der Waals surface area (Å²) in [4.78, 5) is 22.0. The quantitative estimate of drug-likeness (QED) is 0.742. The highest BCUT2D eigenvalue weighted by Crippen LogP contribution is 2.14. The zero-order valence-electron chi connectivity index (χ0n) is 10.3. The zero-order valence-corrected chi connectivity index (χ0v) is 11.8. The standard InChI is InChI=1S/C12H14BrNO5/c1-18-9(6-12(16)17)7-14-11(15)5-3-8-2-4-10(13)19-8/h2-5,9H,6-7H2,1H3,(H,14,15)(H,16,17)/b5-3+. The highest BCUT2D eigenvalue weighted by Gasteiger charge is 2.12. The number of halogens is 1. The molecule has 1 atom stereocenters. The number of nitrogens with one attached hydrogen (secondary N) is 1. The van der Waals surface area contributed by atoms with Crippen molar-refractivity contribution in [3.05, 3.63) is 28.6 Å². The van der Waals surface area contributed by atoms with Crippen molar-refractivity contribution in [2.75, 3.05) is 13.7 Å². The fraction of sp³-hybridized carbons (Fsp3) is 0.333. The van der Waals surface area contributed by atoms with Crippen LogP contribution >= 0.6 is 15.9 Å². The predicted molar refractivity (Wildman–Crippen MR) is 71.5 cm³/mol. The Balaban J connectivity index is 2.38. The molecule has 0 fully saturated rings. The fourth-order valence-electron chi connectivity index (χ4n) is 1.28. The van der Waals surface area contributed by atoms with Crippen molar-refractivity contribution in [2.45, 2.75) is 12.5 Å². The molecule has 104 valence electrons. The average Bonchev–Trinajstić information content (AvgIpc) is 2.77. The number of carbonyl (C=O) groups excluding carboxylic acids is 1. The molecule has 1 unspecified atom stereocenters. The van der Waals surface area contributed by atoms with Crippen LogP contribution in [0.1, 0.15) is 12.2 Å². The largest absolute Gasteiger partial charge is 0.481 e. The molecule has 0 bridgehead atoms. The number of ether oxygens (including phenoxy) is 1. The summed E-state index contributed by atoms with van der Waals surface area (Å²) in [5, 5.41) is 11.2. The van der Waals surface area contributed by atoms with Gasteiger partial charge in [0.25, 0.3) is 0 Å². The number of hydrogen-bond donors (Lipinski definition) is 2. The summed E-state index contributed by atoms with van der Waals surface area (Å²) in [6.07, 6.45) is 2.11. The first-order chi connectivity index (χ1) is 9.01. The lowest BCUT2D eigenvalue weighted by atomic mass is 10.2. The Labute approximate surface area is 118 Å². The summed E-state index contributed by atoms with van der Waals surface area (Å²) in [5.41, 5.74) is 0. The lowest BCUT2D eigenvalue weighted by Gasteiger charge is -2.12. The van der Waals surface area contributed by atoms with Crippen LogP contribution in [0.25, 0.3) is 6.08 Å². The van der Waals surface area contributed by atoms with Crippen LogP contribution in [-0.2, 0) is 14.3 Å². The average molecular weight is 332 g/mol. The molecule has 19 heavy (non-hydrogen) atoms. The van der Waals surface area contributed by atoms with Crippen molar-refractivity contribution >= 4 is 33.9 Å². The second kappa shape index (κ2) is 7.75. The Kier molecular flexibility index (Phi) is 6.31. The molecule has 1 aromatic heterocycles. The van der Waals surface area contributed by atoms with Gasteiger partial charge in [0.15, 0.2) is 4.67 Å². The number of carbonyl (C=O) groups is 2. The van der Waals surface area contributed by atoms with Gasteiger partial charge in [-0.2, -0.15) is 0 Å². The second-order valence-corrected chi connectivity index (χ2v) is 4.46. The minimum absolute atomic E-state index is 0.133. The van der Waals surface area contributed by atoms with E-state index in [0.717, 1.165) is 0 Å². The van der Waals surface area contributed by atoms with E-state index in [2.05, 4.69) is 21.2 Å². The van der Waals surface area contributed by atoms with E-state index < -0.39 is 12.1 Å².